The van der Waals surface area contributed by atoms with Gasteiger partial charge in [0.1, 0.15) is 0 Å². The lowest BCUT2D eigenvalue weighted by Gasteiger charge is -2.13. The van der Waals surface area contributed by atoms with Gasteiger partial charge in [-0.3, -0.25) is 0 Å². The van der Waals surface area contributed by atoms with E-state index in [9.17, 15) is 0 Å². The molecule has 1 nitrogen and oxygen atoms in total. The normalized spacial score (nSPS) is 12.4. The number of hydrogen-bond acceptors (Lipinski definition) is 1. The van der Waals surface area contributed by atoms with Gasteiger partial charge in [0.2, 0.25) is 0 Å². The van der Waals surface area contributed by atoms with Gasteiger partial charge in [0, 0.05) is 10.7 Å². The lowest BCUT2D eigenvalue weighted by atomic mass is 10.0. The van der Waals surface area contributed by atoms with Crippen molar-refractivity contribution in [2.75, 3.05) is 13.7 Å². The molecule has 100 valence electrons. The van der Waals surface area contributed by atoms with Crippen LogP contribution in [0.3, 0.4) is 0 Å². The SMILES string of the molecule is COCCc1ccc(C(Br)c2ccccc2I)cc1. The first-order chi connectivity index (χ1) is 9.22. The number of halogens is 2. The van der Waals surface area contributed by atoms with E-state index in [0.717, 1.165) is 13.0 Å². The van der Waals surface area contributed by atoms with Crippen LogP contribution in [-0.2, 0) is 11.2 Å². The third kappa shape index (κ3) is 4.04. The van der Waals surface area contributed by atoms with Gasteiger partial charge in [-0.15, -0.1) is 0 Å². The molecule has 2 rings (SSSR count). The standard InChI is InChI=1S/C16H16BrIO/c1-19-11-10-12-6-8-13(9-7-12)16(17)14-4-2-3-5-15(14)18/h2-9,16H,10-11H2,1H3. The maximum Gasteiger partial charge on any atom is 0.0654 e. The zero-order valence-corrected chi connectivity index (χ0v) is 14.5. The molecule has 0 aliphatic carbocycles. The topological polar surface area (TPSA) is 9.23 Å². The van der Waals surface area contributed by atoms with Crippen LogP contribution in [0.1, 0.15) is 21.5 Å². The molecule has 0 bridgehead atoms. The van der Waals surface area contributed by atoms with Crippen molar-refractivity contribution >= 4 is 38.5 Å². The first kappa shape index (κ1) is 15.0. The maximum absolute atomic E-state index is 5.10. The zero-order valence-electron chi connectivity index (χ0n) is 10.8. The maximum atomic E-state index is 5.10. The summed E-state index contributed by atoms with van der Waals surface area (Å²) in [5.74, 6) is 0. The smallest absolute Gasteiger partial charge is 0.0654 e. The fourth-order valence-corrected chi connectivity index (χ4v) is 3.76. The van der Waals surface area contributed by atoms with Crippen molar-refractivity contribution in [2.45, 2.75) is 11.2 Å². The van der Waals surface area contributed by atoms with Gasteiger partial charge < -0.3 is 4.74 Å². The fraction of sp³-hybridized carbons (Fsp3) is 0.250. The van der Waals surface area contributed by atoms with Crippen molar-refractivity contribution in [3.8, 4) is 0 Å². The van der Waals surface area contributed by atoms with Gasteiger partial charge >= 0.3 is 0 Å². The molecular weight excluding hydrogens is 415 g/mol. The first-order valence-electron chi connectivity index (χ1n) is 6.18. The molecule has 0 N–H and O–H groups in total. The predicted octanol–water partition coefficient (Wildman–Crippen LogP) is 4.96. The number of ether oxygens (including phenoxy) is 1. The molecule has 0 saturated heterocycles. The molecule has 0 aromatic heterocycles. The molecule has 1 atom stereocenters. The van der Waals surface area contributed by atoms with Crippen LogP contribution in [0.2, 0.25) is 0 Å². The van der Waals surface area contributed by atoms with E-state index in [1.165, 1.54) is 20.3 Å². The summed E-state index contributed by atoms with van der Waals surface area (Å²) in [6, 6.07) is 17.2. The van der Waals surface area contributed by atoms with E-state index < -0.39 is 0 Å². The number of hydrogen-bond donors (Lipinski definition) is 0. The van der Waals surface area contributed by atoms with Gasteiger partial charge in [-0.25, -0.2) is 0 Å². The molecule has 0 amide bonds. The molecule has 0 saturated carbocycles. The van der Waals surface area contributed by atoms with E-state index in [1.54, 1.807) is 7.11 Å². The fourth-order valence-electron chi connectivity index (χ4n) is 1.93. The van der Waals surface area contributed by atoms with Crippen LogP contribution in [0.4, 0.5) is 0 Å². The molecule has 19 heavy (non-hydrogen) atoms. The van der Waals surface area contributed by atoms with Gasteiger partial charge in [-0.2, -0.15) is 0 Å². The molecule has 0 aliphatic heterocycles. The minimum absolute atomic E-state index is 0.247. The molecule has 0 spiro atoms. The lowest BCUT2D eigenvalue weighted by Crippen LogP contribution is -1.97. The molecule has 0 aliphatic rings. The van der Waals surface area contributed by atoms with E-state index in [0.29, 0.717) is 0 Å². The van der Waals surface area contributed by atoms with E-state index in [1.807, 2.05) is 0 Å². The van der Waals surface area contributed by atoms with E-state index >= 15 is 0 Å². The first-order valence-corrected chi connectivity index (χ1v) is 8.18. The summed E-state index contributed by atoms with van der Waals surface area (Å²) in [6.07, 6.45) is 0.965. The van der Waals surface area contributed by atoms with E-state index in [4.69, 9.17) is 4.74 Å². The molecule has 2 aromatic rings. The minimum atomic E-state index is 0.247. The van der Waals surface area contributed by atoms with E-state index in [-0.39, 0.29) is 4.83 Å². The summed E-state index contributed by atoms with van der Waals surface area (Å²) in [5.41, 5.74) is 3.91. The van der Waals surface area contributed by atoms with Crippen molar-refractivity contribution < 1.29 is 4.74 Å². The number of alkyl halides is 1. The van der Waals surface area contributed by atoms with Gasteiger partial charge in [0.25, 0.3) is 0 Å². The van der Waals surface area contributed by atoms with Crippen molar-refractivity contribution in [3.63, 3.8) is 0 Å². The second-order valence-electron chi connectivity index (χ2n) is 4.37. The summed E-state index contributed by atoms with van der Waals surface area (Å²) in [4.78, 5) is 0.247. The Hall–Kier alpha value is -0.390. The van der Waals surface area contributed by atoms with Gasteiger partial charge in [-0.1, -0.05) is 58.4 Å². The Balaban J connectivity index is 2.16. The second-order valence-corrected chi connectivity index (χ2v) is 6.45. The summed E-state index contributed by atoms with van der Waals surface area (Å²) < 4.78 is 6.38. The Morgan fingerprint density at radius 1 is 1.11 bits per heavy atom. The second kappa shape index (κ2) is 7.41. The zero-order chi connectivity index (χ0) is 13.7. The highest BCUT2D eigenvalue weighted by Crippen LogP contribution is 2.33. The Labute approximate surface area is 136 Å². The van der Waals surface area contributed by atoms with Crippen LogP contribution in [-0.4, -0.2) is 13.7 Å². The molecule has 0 radical (unpaired) electrons. The molecule has 2 aromatic carbocycles. The average Bonchev–Trinajstić information content (AvgIpc) is 2.45. The highest BCUT2D eigenvalue weighted by atomic mass is 127. The summed E-state index contributed by atoms with van der Waals surface area (Å²) >= 11 is 6.17. The lowest BCUT2D eigenvalue weighted by molar-refractivity contribution is 0.202. The summed E-state index contributed by atoms with van der Waals surface area (Å²) in [5, 5.41) is 0. The van der Waals surface area contributed by atoms with Crippen LogP contribution in [0.25, 0.3) is 0 Å². The van der Waals surface area contributed by atoms with Gasteiger partial charge in [0.05, 0.1) is 11.4 Å². The Morgan fingerprint density at radius 2 is 1.79 bits per heavy atom. The highest BCUT2D eigenvalue weighted by Gasteiger charge is 2.12. The monoisotopic (exact) mass is 430 g/mol. The van der Waals surface area contributed by atoms with Gasteiger partial charge in [-0.05, 0) is 51.8 Å². The number of methoxy groups -OCH3 is 1. The van der Waals surface area contributed by atoms with Crippen LogP contribution < -0.4 is 0 Å². The Morgan fingerprint density at radius 3 is 2.42 bits per heavy atom. The van der Waals surface area contributed by atoms with Crippen LogP contribution in [0, 0.1) is 3.57 Å². The Kier molecular flexibility index (Phi) is 5.85. The third-order valence-electron chi connectivity index (χ3n) is 3.05. The third-order valence-corrected chi connectivity index (χ3v) is 5.05. The summed E-state index contributed by atoms with van der Waals surface area (Å²) in [7, 11) is 1.74. The van der Waals surface area contributed by atoms with Crippen molar-refractivity contribution in [3.05, 3.63) is 68.8 Å². The highest BCUT2D eigenvalue weighted by molar-refractivity contribution is 14.1. The van der Waals surface area contributed by atoms with Crippen LogP contribution in [0.5, 0.6) is 0 Å². The number of rotatable bonds is 5. The molecule has 3 heteroatoms. The minimum Gasteiger partial charge on any atom is -0.384 e. The molecule has 0 heterocycles. The van der Waals surface area contributed by atoms with Crippen molar-refractivity contribution in [1.82, 2.24) is 0 Å². The quantitative estimate of drug-likeness (QED) is 0.481. The largest absolute Gasteiger partial charge is 0.384 e. The average molecular weight is 431 g/mol. The number of benzene rings is 2. The van der Waals surface area contributed by atoms with E-state index in [2.05, 4.69) is 87.1 Å². The molecular formula is C16H16BrIO. The van der Waals surface area contributed by atoms with Crippen LogP contribution in [0.15, 0.2) is 48.5 Å². The Bertz CT molecular complexity index is 525. The van der Waals surface area contributed by atoms with Crippen LogP contribution >= 0.6 is 38.5 Å². The van der Waals surface area contributed by atoms with Gasteiger partial charge in [0.15, 0.2) is 0 Å². The predicted molar refractivity (Wildman–Crippen MR) is 92.0 cm³/mol. The molecule has 1 unspecified atom stereocenters. The van der Waals surface area contributed by atoms with Crippen molar-refractivity contribution in [2.24, 2.45) is 0 Å². The molecule has 0 fully saturated rings. The summed E-state index contributed by atoms with van der Waals surface area (Å²) in [6.45, 7) is 0.771. The van der Waals surface area contributed by atoms with Crippen molar-refractivity contribution in [1.29, 1.82) is 0 Å².